The molecule has 0 amide bonds. The highest BCUT2D eigenvalue weighted by atomic mass is 35.5. The van der Waals surface area contributed by atoms with Gasteiger partial charge in [0.05, 0.1) is 21.4 Å². The number of nitrogens with zero attached hydrogens (tertiary/aromatic N) is 2. The first-order valence-corrected chi connectivity index (χ1v) is 10.9. The fourth-order valence-electron chi connectivity index (χ4n) is 4.23. The Balaban J connectivity index is 1.59. The molecule has 0 spiro atoms. The molecule has 2 heterocycles. The summed E-state index contributed by atoms with van der Waals surface area (Å²) in [7, 11) is 0. The molecule has 5 heteroatoms. The molecule has 0 bridgehead atoms. The lowest BCUT2D eigenvalue weighted by Gasteiger charge is -2.17. The van der Waals surface area contributed by atoms with Gasteiger partial charge in [0.1, 0.15) is 5.82 Å². The van der Waals surface area contributed by atoms with E-state index in [4.69, 9.17) is 28.3 Å². The van der Waals surface area contributed by atoms with Gasteiger partial charge in [-0.2, -0.15) is 5.10 Å². The second-order valence-electron chi connectivity index (χ2n) is 7.51. The van der Waals surface area contributed by atoms with Crippen molar-refractivity contribution < 1.29 is 0 Å². The summed E-state index contributed by atoms with van der Waals surface area (Å²) in [6, 6.07) is 27.0. The molecule has 0 saturated heterocycles. The third-order valence-corrected chi connectivity index (χ3v) is 6.50. The van der Waals surface area contributed by atoms with Gasteiger partial charge in [-0.3, -0.25) is 0 Å². The smallest absolute Gasteiger partial charge is 0.133 e. The molecule has 0 radical (unpaired) electrons. The number of nitrogens with one attached hydrogen (secondary N) is 1. The third kappa shape index (κ3) is 3.49. The predicted molar refractivity (Wildman–Crippen MR) is 124 cm³/mol. The van der Waals surface area contributed by atoms with Crippen molar-refractivity contribution in [3.8, 4) is 5.69 Å². The minimum Gasteiger partial charge on any atom is -0.369 e. The van der Waals surface area contributed by atoms with Crippen LogP contribution in [0.3, 0.4) is 0 Å². The molecular formula is C25H21Cl2N3. The lowest BCUT2D eigenvalue weighted by atomic mass is 9.86. The predicted octanol–water partition coefficient (Wildman–Crippen LogP) is 6.52. The lowest BCUT2D eigenvalue weighted by molar-refractivity contribution is 0.745. The highest BCUT2D eigenvalue weighted by Gasteiger charge is 2.27. The maximum atomic E-state index is 6.52. The molecule has 0 fully saturated rings. The van der Waals surface area contributed by atoms with Gasteiger partial charge in [0, 0.05) is 24.4 Å². The zero-order valence-corrected chi connectivity index (χ0v) is 17.9. The summed E-state index contributed by atoms with van der Waals surface area (Å²) >= 11 is 12.8. The first kappa shape index (κ1) is 19.2. The van der Waals surface area contributed by atoms with E-state index in [-0.39, 0.29) is 5.92 Å². The van der Waals surface area contributed by atoms with Crippen molar-refractivity contribution in [3.63, 3.8) is 0 Å². The normalized spacial score (nSPS) is 12.8. The van der Waals surface area contributed by atoms with Gasteiger partial charge in [-0.05, 0) is 29.7 Å². The Morgan fingerprint density at radius 1 is 0.867 bits per heavy atom. The van der Waals surface area contributed by atoms with Crippen molar-refractivity contribution in [2.75, 3.05) is 11.9 Å². The quantitative estimate of drug-likeness (QED) is 0.388. The molecule has 0 saturated carbocycles. The molecule has 1 aliphatic heterocycles. The average molecular weight is 434 g/mol. The fourth-order valence-corrected chi connectivity index (χ4v) is 4.61. The number of benzene rings is 3. The molecule has 1 aromatic heterocycles. The summed E-state index contributed by atoms with van der Waals surface area (Å²) in [6.45, 7) is 0.902. The average Bonchev–Trinajstić information content (AvgIpc) is 3.39. The maximum Gasteiger partial charge on any atom is 0.133 e. The van der Waals surface area contributed by atoms with Crippen LogP contribution >= 0.6 is 23.2 Å². The van der Waals surface area contributed by atoms with Gasteiger partial charge < -0.3 is 5.32 Å². The minimum absolute atomic E-state index is 0.232. The van der Waals surface area contributed by atoms with Crippen LogP contribution in [0.15, 0.2) is 78.9 Å². The van der Waals surface area contributed by atoms with Crippen molar-refractivity contribution in [2.24, 2.45) is 0 Å². The number of halogens is 2. The minimum atomic E-state index is 0.232. The van der Waals surface area contributed by atoms with Crippen LogP contribution in [-0.2, 0) is 12.8 Å². The zero-order valence-electron chi connectivity index (χ0n) is 16.4. The largest absolute Gasteiger partial charge is 0.369 e. The first-order valence-electron chi connectivity index (χ1n) is 10.1. The van der Waals surface area contributed by atoms with E-state index in [1.807, 2.05) is 16.8 Å². The van der Waals surface area contributed by atoms with Gasteiger partial charge in [0.25, 0.3) is 0 Å². The van der Waals surface area contributed by atoms with Crippen LogP contribution in [0.25, 0.3) is 5.69 Å². The van der Waals surface area contributed by atoms with Crippen molar-refractivity contribution >= 4 is 29.0 Å². The van der Waals surface area contributed by atoms with Crippen LogP contribution in [0.4, 0.5) is 5.82 Å². The van der Waals surface area contributed by atoms with E-state index in [9.17, 15) is 0 Å². The van der Waals surface area contributed by atoms with Crippen LogP contribution < -0.4 is 5.32 Å². The summed E-state index contributed by atoms with van der Waals surface area (Å²) in [5.74, 6) is 1.25. The Morgan fingerprint density at radius 2 is 1.53 bits per heavy atom. The number of hydrogen-bond acceptors (Lipinski definition) is 2. The van der Waals surface area contributed by atoms with Gasteiger partial charge in [-0.15, -0.1) is 0 Å². The zero-order chi connectivity index (χ0) is 20.5. The molecule has 0 atom stereocenters. The van der Waals surface area contributed by atoms with E-state index in [1.165, 1.54) is 16.7 Å². The number of anilines is 1. The molecule has 5 rings (SSSR count). The summed E-state index contributed by atoms with van der Waals surface area (Å²) in [5, 5.41) is 9.54. The Labute approximate surface area is 186 Å². The Bertz CT molecular complexity index is 1130. The Kier molecular flexibility index (Phi) is 5.24. The maximum absolute atomic E-state index is 6.52. The molecule has 1 aliphatic rings. The number of fused-ring (bicyclic) bond motifs is 1. The van der Waals surface area contributed by atoms with Gasteiger partial charge in [0.15, 0.2) is 0 Å². The molecule has 0 unspecified atom stereocenters. The fraction of sp³-hybridized carbons (Fsp3) is 0.160. The summed E-state index contributed by atoms with van der Waals surface area (Å²) < 4.78 is 1.92. The summed E-state index contributed by atoms with van der Waals surface area (Å²) in [4.78, 5) is 0. The third-order valence-electron chi connectivity index (χ3n) is 5.69. The molecule has 3 aromatic carbocycles. The van der Waals surface area contributed by atoms with E-state index in [0.717, 1.165) is 36.6 Å². The van der Waals surface area contributed by atoms with Gasteiger partial charge in [-0.1, -0.05) is 89.9 Å². The van der Waals surface area contributed by atoms with Crippen molar-refractivity contribution in [3.05, 3.63) is 111 Å². The molecule has 30 heavy (non-hydrogen) atoms. The lowest BCUT2D eigenvalue weighted by Crippen LogP contribution is -2.09. The van der Waals surface area contributed by atoms with Gasteiger partial charge in [0.2, 0.25) is 0 Å². The molecule has 0 aliphatic carbocycles. The Morgan fingerprint density at radius 3 is 2.20 bits per heavy atom. The second-order valence-corrected chi connectivity index (χ2v) is 8.30. The number of hydrogen-bond donors (Lipinski definition) is 1. The van der Waals surface area contributed by atoms with Crippen LogP contribution in [-0.4, -0.2) is 16.3 Å². The molecule has 1 N–H and O–H groups in total. The van der Waals surface area contributed by atoms with Crippen molar-refractivity contribution in [1.29, 1.82) is 0 Å². The van der Waals surface area contributed by atoms with E-state index in [0.29, 0.717) is 10.0 Å². The Hall–Kier alpha value is -2.75. The van der Waals surface area contributed by atoms with Crippen molar-refractivity contribution in [1.82, 2.24) is 9.78 Å². The SMILES string of the molecule is Clc1cccc(-n2nc(CC(c3ccccc3)c3ccccc3)c3c2NCC3)c1Cl. The van der Waals surface area contributed by atoms with Gasteiger partial charge >= 0.3 is 0 Å². The first-order chi connectivity index (χ1) is 14.7. The van der Waals surface area contributed by atoms with Crippen LogP contribution in [0.1, 0.15) is 28.3 Å². The molecule has 3 nitrogen and oxygen atoms in total. The molecule has 150 valence electrons. The second kappa shape index (κ2) is 8.17. The highest BCUT2D eigenvalue weighted by molar-refractivity contribution is 6.43. The van der Waals surface area contributed by atoms with E-state index in [1.54, 1.807) is 6.07 Å². The molecule has 4 aromatic rings. The van der Waals surface area contributed by atoms with Gasteiger partial charge in [-0.25, -0.2) is 4.68 Å². The van der Waals surface area contributed by atoms with E-state index < -0.39 is 0 Å². The topological polar surface area (TPSA) is 29.9 Å². The van der Waals surface area contributed by atoms with Crippen LogP contribution in [0.2, 0.25) is 10.0 Å². The summed E-state index contributed by atoms with van der Waals surface area (Å²) in [6.07, 6.45) is 1.78. The van der Waals surface area contributed by atoms with Crippen molar-refractivity contribution in [2.45, 2.75) is 18.8 Å². The summed E-state index contributed by atoms with van der Waals surface area (Å²) in [5.41, 5.74) is 5.75. The number of aromatic nitrogens is 2. The van der Waals surface area contributed by atoms with Crippen LogP contribution in [0, 0.1) is 0 Å². The molecular weight excluding hydrogens is 413 g/mol. The highest BCUT2D eigenvalue weighted by Crippen LogP contribution is 2.37. The number of rotatable bonds is 5. The van der Waals surface area contributed by atoms with E-state index >= 15 is 0 Å². The monoisotopic (exact) mass is 433 g/mol. The van der Waals surface area contributed by atoms with E-state index in [2.05, 4.69) is 66.0 Å². The standard InChI is InChI=1S/C25H21Cl2N3/c26-21-12-7-13-23(24(21)27)30-25-19(14-15-28-25)22(29-30)16-20(17-8-3-1-4-9-17)18-10-5-2-6-11-18/h1-13,20,28H,14-16H2. The van der Waals surface area contributed by atoms with Crippen LogP contribution in [0.5, 0.6) is 0 Å².